The Morgan fingerprint density at radius 2 is 1.90 bits per heavy atom. The van der Waals surface area contributed by atoms with Crippen molar-refractivity contribution in [3.8, 4) is 5.75 Å². The Balaban J connectivity index is 2.89. The summed E-state index contributed by atoms with van der Waals surface area (Å²) in [5.41, 5.74) is -0.283. The predicted octanol–water partition coefficient (Wildman–Crippen LogP) is 3.78. The summed E-state index contributed by atoms with van der Waals surface area (Å²) < 4.78 is 15.6. The second-order valence-corrected chi connectivity index (χ2v) is 5.98. The van der Waals surface area contributed by atoms with Crippen molar-refractivity contribution in [2.45, 2.75) is 33.3 Å². The minimum absolute atomic E-state index is 0.269. The highest BCUT2D eigenvalue weighted by Gasteiger charge is 2.21. The van der Waals surface area contributed by atoms with Gasteiger partial charge in [0.25, 0.3) is 0 Å². The Morgan fingerprint density at radius 3 is 2.45 bits per heavy atom. The van der Waals surface area contributed by atoms with E-state index in [1.807, 2.05) is 22.6 Å². The number of esters is 1. The second kappa shape index (κ2) is 6.92. The van der Waals surface area contributed by atoms with E-state index in [-0.39, 0.29) is 12.4 Å². The first kappa shape index (κ1) is 16.7. The molecular weight excluding hydrogens is 375 g/mol. The van der Waals surface area contributed by atoms with Crippen LogP contribution in [0.15, 0.2) is 18.2 Å². The van der Waals surface area contributed by atoms with Gasteiger partial charge in [0.2, 0.25) is 0 Å². The first-order valence-electron chi connectivity index (χ1n) is 6.11. The highest BCUT2D eigenvalue weighted by Crippen LogP contribution is 2.26. The quantitative estimate of drug-likeness (QED) is 0.445. The van der Waals surface area contributed by atoms with Gasteiger partial charge in [-0.25, -0.2) is 9.59 Å². The monoisotopic (exact) mass is 392 g/mol. The van der Waals surface area contributed by atoms with E-state index in [1.54, 1.807) is 45.9 Å². The first-order valence-corrected chi connectivity index (χ1v) is 7.19. The molecule has 0 aliphatic carbocycles. The molecular formula is C14H17IO5. The molecule has 0 spiro atoms. The summed E-state index contributed by atoms with van der Waals surface area (Å²) in [6.45, 7) is 7.24. The zero-order valence-electron chi connectivity index (χ0n) is 11.9. The Labute approximate surface area is 131 Å². The van der Waals surface area contributed by atoms with Gasteiger partial charge in [-0.1, -0.05) is 6.07 Å². The van der Waals surface area contributed by atoms with Gasteiger partial charge in [0.1, 0.15) is 11.4 Å². The zero-order chi connectivity index (χ0) is 15.3. The third kappa shape index (κ3) is 4.99. The van der Waals surface area contributed by atoms with Crippen molar-refractivity contribution in [3.05, 3.63) is 27.3 Å². The van der Waals surface area contributed by atoms with E-state index in [1.165, 1.54) is 0 Å². The summed E-state index contributed by atoms with van der Waals surface area (Å²) in [5.74, 6) is -0.183. The van der Waals surface area contributed by atoms with Crippen molar-refractivity contribution in [2.75, 3.05) is 6.61 Å². The smallest absolute Gasteiger partial charge is 0.462 e. The summed E-state index contributed by atoms with van der Waals surface area (Å²) in [4.78, 5) is 23.4. The third-order valence-electron chi connectivity index (χ3n) is 2.04. The Bertz CT molecular complexity index is 505. The average Bonchev–Trinajstić information content (AvgIpc) is 2.29. The predicted molar refractivity (Wildman–Crippen MR) is 82.0 cm³/mol. The molecule has 0 bridgehead atoms. The topological polar surface area (TPSA) is 61.8 Å². The van der Waals surface area contributed by atoms with Crippen molar-refractivity contribution in [1.29, 1.82) is 0 Å². The molecule has 0 amide bonds. The molecule has 0 radical (unpaired) electrons. The number of rotatable bonds is 3. The minimum atomic E-state index is -0.809. The number of hydrogen-bond acceptors (Lipinski definition) is 5. The fraction of sp³-hybridized carbons (Fsp3) is 0.429. The Morgan fingerprint density at radius 1 is 1.25 bits per heavy atom. The largest absolute Gasteiger partial charge is 0.514 e. The number of carbonyl (C=O) groups is 2. The maximum atomic E-state index is 11.7. The summed E-state index contributed by atoms with van der Waals surface area (Å²) in [5, 5.41) is 0. The fourth-order valence-electron chi connectivity index (χ4n) is 1.32. The van der Waals surface area contributed by atoms with E-state index in [9.17, 15) is 9.59 Å². The van der Waals surface area contributed by atoms with Crippen molar-refractivity contribution >= 4 is 34.7 Å². The SMILES string of the molecule is CCOC(=O)c1cccc(OC(=O)OC(C)(C)C)c1I. The van der Waals surface area contributed by atoms with Crippen LogP contribution in [0.4, 0.5) is 4.79 Å². The molecule has 5 nitrogen and oxygen atoms in total. The van der Waals surface area contributed by atoms with Crippen molar-refractivity contribution in [1.82, 2.24) is 0 Å². The molecule has 0 heterocycles. The second-order valence-electron chi connectivity index (χ2n) is 4.90. The number of halogens is 1. The molecule has 6 heteroatoms. The molecule has 1 rings (SSSR count). The number of ether oxygens (including phenoxy) is 3. The molecule has 0 saturated carbocycles. The molecule has 0 aromatic heterocycles. The van der Waals surface area contributed by atoms with Gasteiger partial charge in [-0.2, -0.15) is 0 Å². The van der Waals surface area contributed by atoms with Gasteiger partial charge in [0, 0.05) is 0 Å². The molecule has 0 unspecified atom stereocenters. The highest BCUT2D eigenvalue weighted by atomic mass is 127. The zero-order valence-corrected chi connectivity index (χ0v) is 14.0. The fourth-order valence-corrected chi connectivity index (χ4v) is 2.01. The van der Waals surface area contributed by atoms with Crippen molar-refractivity contribution in [2.24, 2.45) is 0 Å². The van der Waals surface area contributed by atoms with Gasteiger partial charge in [-0.15, -0.1) is 0 Å². The lowest BCUT2D eigenvalue weighted by atomic mass is 10.2. The number of carbonyl (C=O) groups excluding carboxylic acids is 2. The van der Waals surface area contributed by atoms with Crippen LogP contribution in [-0.4, -0.2) is 24.3 Å². The molecule has 0 N–H and O–H groups in total. The van der Waals surface area contributed by atoms with Crippen LogP contribution in [0, 0.1) is 3.57 Å². The molecule has 110 valence electrons. The standard InChI is InChI=1S/C14H17IO5/c1-5-18-12(16)9-7-6-8-10(11(9)15)19-13(17)20-14(2,3)4/h6-8H,5H2,1-4H3. The van der Waals surface area contributed by atoms with E-state index in [2.05, 4.69) is 0 Å². The number of hydrogen-bond donors (Lipinski definition) is 0. The average molecular weight is 392 g/mol. The molecule has 0 saturated heterocycles. The van der Waals surface area contributed by atoms with Crippen LogP contribution in [0.5, 0.6) is 5.75 Å². The van der Waals surface area contributed by atoms with E-state index in [0.29, 0.717) is 9.13 Å². The Kier molecular flexibility index (Phi) is 5.79. The van der Waals surface area contributed by atoms with E-state index < -0.39 is 17.7 Å². The molecule has 1 aromatic rings. The summed E-state index contributed by atoms with van der Waals surface area (Å²) in [6.07, 6.45) is -0.809. The van der Waals surface area contributed by atoms with Crippen molar-refractivity contribution < 1.29 is 23.8 Å². The van der Waals surface area contributed by atoms with Crippen LogP contribution in [0.1, 0.15) is 38.1 Å². The van der Waals surface area contributed by atoms with Gasteiger partial charge in [0.15, 0.2) is 0 Å². The van der Waals surface area contributed by atoms with E-state index in [4.69, 9.17) is 14.2 Å². The highest BCUT2D eigenvalue weighted by molar-refractivity contribution is 14.1. The minimum Gasteiger partial charge on any atom is -0.462 e. The van der Waals surface area contributed by atoms with Gasteiger partial charge < -0.3 is 14.2 Å². The van der Waals surface area contributed by atoms with Crippen LogP contribution in [0.25, 0.3) is 0 Å². The van der Waals surface area contributed by atoms with Crippen LogP contribution in [-0.2, 0) is 9.47 Å². The van der Waals surface area contributed by atoms with Crippen LogP contribution < -0.4 is 4.74 Å². The van der Waals surface area contributed by atoms with Gasteiger partial charge in [-0.05, 0) is 62.4 Å². The summed E-state index contributed by atoms with van der Waals surface area (Å²) in [6, 6.07) is 4.82. The van der Waals surface area contributed by atoms with Crippen LogP contribution in [0.3, 0.4) is 0 Å². The maximum Gasteiger partial charge on any atom is 0.514 e. The van der Waals surface area contributed by atoms with E-state index >= 15 is 0 Å². The number of benzene rings is 1. The maximum absolute atomic E-state index is 11.7. The summed E-state index contributed by atoms with van der Waals surface area (Å²) >= 11 is 1.93. The molecule has 0 aliphatic heterocycles. The summed E-state index contributed by atoms with van der Waals surface area (Å²) in [7, 11) is 0. The molecule has 0 fully saturated rings. The molecule has 0 atom stereocenters. The van der Waals surface area contributed by atoms with Gasteiger partial charge in [-0.3, -0.25) is 0 Å². The molecule has 0 aliphatic rings. The van der Waals surface area contributed by atoms with Crippen molar-refractivity contribution in [3.63, 3.8) is 0 Å². The van der Waals surface area contributed by atoms with Crippen LogP contribution >= 0.6 is 22.6 Å². The van der Waals surface area contributed by atoms with E-state index in [0.717, 1.165) is 0 Å². The lowest BCUT2D eigenvalue weighted by molar-refractivity contribution is 0.0202. The van der Waals surface area contributed by atoms with Gasteiger partial charge in [0.05, 0.1) is 15.7 Å². The Hall–Kier alpha value is -1.31. The molecule has 20 heavy (non-hydrogen) atoms. The molecule has 1 aromatic carbocycles. The lowest BCUT2D eigenvalue weighted by Gasteiger charge is -2.19. The lowest BCUT2D eigenvalue weighted by Crippen LogP contribution is -2.26. The first-order chi connectivity index (χ1) is 9.24. The third-order valence-corrected chi connectivity index (χ3v) is 3.15. The van der Waals surface area contributed by atoms with Gasteiger partial charge >= 0.3 is 12.1 Å². The van der Waals surface area contributed by atoms with Crippen LogP contribution in [0.2, 0.25) is 0 Å². The normalized spacial score (nSPS) is 10.8.